The van der Waals surface area contributed by atoms with Crippen LogP contribution in [0.5, 0.6) is 0 Å². The number of hydrogen-bond acceptors (Lipinski definition) is 3. The smallest absolute Gasteiger partial charge is 0.0578 e. The average Bonchev–Trinajstić information content (AvgIpc) is 2.34. The van der Waals surface area contributed by atoms with E-state index in [9.17, 15) is 5.11 Å². The van der Waals surface area contributed by atoms with Gasteiger partial charge in [-0.1, -0.05) is 20.8 Å². The van der Waals surface area contributed by atoms with Gasteiger partial charge in [-0.15, -0.1) is 0 Å². The largest absolute Gasteiger partial charge is 0.393 e. The molecule has 0 aromatic carbocycles. The predicted molar refractivity (Wildman–Crippen MR) is 68.6 cm³/mol. The molecule has 1 fully saturated rings. The molecule has 1 aliphatic rings. The van der Waals surface area contributed by atoms with Crippen molar-refractivity contribution in [1.82, 2.24) is 10.2 Å². The highest BCUT2D eigenvalue weighted by Gasteiger charge is 2.29. The third kappa shape index (κ3) is 4.04. The Morgan fingerprint density at radius 1 is 1.31 bits per heavy atom. The van der Waals surface area contributed by atoms with E-state index in [0.717, 1.165) is 39.0 Å². The zero-order valence-corrected chi connectivity index (χ0v) is 11.1. The van der Waals surface area contributed by atoms with Crippen molar-refractivity contribution in [3.05, 3.63) is 0 Å². The summed E-state index contributed by atoms with van der Waals surface area (Å²) in [5, 5.41) is 13.6. The average molecular weight is 228 g/mol. The molecule has 16 heavy (non-hydrogen) atoms. The number of likely N-dealkylation sites (N-methyl/N-ethyl adjacent to an activating group) is 1. The second-order valence-electron chi connectivity index (χ2n) is 4.97. The van der Waals surface area contributed by atoms with Gasteiger partial charge in [0.15, 0.2) is 0 Å². The summed E-state index contributed by atoms with van der Waals surface area (Å²) in [5.74, 6) is 0.452. The quantitative estimate of drug-likeness (QED) is 0.722. The van der Waals surface area contributed by atoms with Crippen LogP contribution in [0.25, 0.3) is 0 Å². The first-order chi connectivity index (χ1) is 7.71. The van der Waals surface area contributed by atoms with E-state index in [1.165, 1.54) is 6.42 Å². The van der Waals surface area contributed by atoms with Crippen LogP contribution in [0.4, 0.5) is 0 Å². The summed E-state index contributed by atoms with van der Waals surface area (Å²) >= 11 is 0. The molecule has 0 radical (unpaired) electrons. The first-order valence-corrected chi connectivity index (χ1v) is 6.85. The first-order valence-electron chi connectivity index (χ1n) is 6.85. The molecule has 2 N–H and O–H groups in total. The minimum atomic E-state index is -0.125. The van der Waals surface area contributed by atoms with Crippen molar-refractivity contribution < 1.29 is 5.11 Å². The zero-order valence-electron chi connectivity index (χ0n) is 11.1. The summed E-state index contributed by atoms with van der Waals surface area (Å²) in [7, 11) is 0. The number of rotatable bonds is 6. The summed E-state index contributed by atoms with van der Waals surface area (Å²) in [6.07, 6.45) is 3.07. The minimum absolute atomic E-state index is 0.125. The Morgan fingerprint density at radius 2 is 2.06 bits per heavy atom. The number of piperidine rings is 1. The molecule has 1 aliphatic heterocycles. The SMILES string of the molecule is CCCNC1CC(C(O)CC)CN(CC)C1. The molecule has 0 bridgehead atoms. The fraction of sp³-hybridized carbons (Fsp3) is 1.00. The zero-order chi connectivity index (χ0) is 12.0. The number of nitrogens with zero attached hydrogens (tertiary/aromatic N) is 1. The van der Waals surface area contributed by atoms with Gasteiger partial charge in [0, 0.05) is 19.1 Å². The molecular weight excluding hydrogens is 200 g/mol. The number of nitrogens with one attached hydrogen (secondary N) is 1. The van der Waals surface area contributed by atoms with Gasteiger partial charge in [0.05, 0.1) is 6.10 Å². The molecule has 0 aromatic heterocycles. The summed E-state index contributed by atoms with van der Waals surface area (Å²) in [6, 6.07) is 0.569. The van der Waals surface area contributed by atoms with Crippen LogP contribution in [0.3, 0.4) is 0 Å². The van der Waals surface area contributed by atoms with Crippen LogP contribution in [0, 0.1) is 5.92 Å². The van der Waals surface area contributed by atoms with Crippen LogP contribution >= 0.6 is 0 Å². The van der Waals surface area contributed by atoms with Gasteiger partial charge in [-0.25, -0.2) is 0 Å². The molecule has 1 heterocycles. The predicted octanol–water partition coefficient (Wildman–Crippen LogP) is 1.47. The monoisotopic (exact) mass is 228 g/mol. The molecule has 96 valence electrons. The van der Waals surface area contributed by atoms with E-state index in [1.54, 1.807) is 0 Å². The van der Waals surface area contributed by atoms with E-state index in [4.69, 9.17) is 0 Å². The van der Waals surface area contributed by atoms with E-state index in [2.05, 4.69) is 31.0 Å². The number of hydrogen-bond donors (Lipinski definition) is 2. The van der Waals surface area contributed by atoms with Gasteiger partial charge >= 0.3 is 0 Å². The van der Waals surface area contributed by atoms with Crippen molar-refractivity contribution in [2.45, 2.75) is 52.2 Å². The van der Waals surface area contributed by atoms with Gasteiger partial charge in [-0.2, -0.15) is 0 Å². The van der Waals surface area contributed by atoms with Crippen LogP contribution in [-0.2, 0) is 0 Å². The lowest BCUT2D eigenvalue weighted by molar-refractivity contribution is 0.0376. The number of likely N-dealkylation sites (tertiary alicyclic amines) is 1. The Labute approximate surface area is 100 Å². The van der Waals surface area contributed by atoms with Gasteiger partial charge in [-0.05, 0) is 38.3 Å². The Morgan fingerprint density at radius 3 is 2.62 bits per heavy atom. The highest BCUT2D eigenvalue weighted by Crippen LogP contribution is 2.21. The molecule has 1 saturated heterocycles. The Bertz CT molecular complexity index is 187. The fourth-order valence-corrected chi connectivity index (χ4v) is 2.60. The first kappa shape index (κ1) is 13.9. The maximum Gasteiger partial charge on any atom is 0.0578 e. The lowest BCUT2D eigenvalue weighted by Crippen LogP contribution is -2.51. The number of aliphatic hydroxyl groups excluding tert-OH is 1. The van der Waals surface area contributed by atoms with Crippen molar-refractivity contribution in [2.24, 2.45) is 5.92 Å². The molecule has 0 saturated carbocycles. The van der Waals surface area contributed by atoms with Gasteiger partial charge in [-0.3, -0.25) is 0 Å². The van der Waals surface area contributed by atoms with E-state index < -0.39 is 0 Å². The van der Waals surface area contributed by atoms with E-state index in [-0.39, 0.29) is 6.10 Å². The van der Waals surface area contributed by atoms with E-state index in [0.29, 0.717) is 12.0 Å². The minimum Gasteiger partial charge on any atom is -0.393 e. The van der Waals surface area contributed by atoms with Gasteiger partial charge in [0.2, 0.25) is 0 Å². The van der Waals surface area contributed by atoms with E-state index in [1.807, 2.05) is 0 Å². The van der Waals surface area contributed by atoms with Crippen LogP contribution in [0.1, 0.15) is 40.0 Å². The molecule has 3 heteroatoms. The molecule has 0 aliphatic carbocycles. The maximum atomic E-state index is 9.98. The lowest BCUT2D eigenvalue weighted by atomic mass is 9.88. The third-order valence-electron chi connectivity index (χ3n) is 3.65. The molecule has 3 nitrogen and oxygen atoms in total. The van der Waals surface area contributed by atoms with Crippen LogP contribution in [0.15, 0.2) is 0 Å². The summed E-state index contributed by atoms with van der Waals surface area (Å²) in [5.41, 5.74) is 0. The Hall–Kier alpha value is -0.120. The highest BCUT2D eigenvalue weighted by molar-refractivity contribution is 4.85. The van der Waals surface area contributed by atoms with Gasteiger partial charge in [0.1, 0.15) is 0 Å². The van der Waals surface area contributed by atoms with E-state index >= 15 is 0 Å². The molecule has 1 rings (SSSR count). The second-order valence-corrected chi connectivity index (χ2v) is 4.97. The molecule has 3 atom stereocenters. The molecule has 0 amide bonds. The summed E-state index contributed by atoms with van der Waals surface area (Å²) in [4.78, 5) is 2.46. The van der Waals surface area contributed by atoms with Gasteiger partial charge in [0.25, 0.3) is 0 Å². The van der Waals surface area contributed by atoms with Crippen LogP contribution < -0.4 is 5.32 Å². The molecular formula is C13H28N2O. The third-order valence-corrected chi connectivity index (χ3v) is 3.65. The maximum absolute atomic E-state index is 9.98. The molecule has 3 unspecified atom stereocenters. The fourth-order valence-electron chi connectivity index (χ4n) is 2.60. The summed E-state index contributed by atoms with van der Waals surface area (Å²) in [6.45, 7) is 10.9. The normalized spacial score (nSPS) is 29.2. The van der Waals surface area contributed by atoms with Crippen molar-refractivity contribution >= 4 is 0 Å². The number of aliphatic hydroxyl groups is 1. The van der Waals surface area contributed by atoms with Gasteiger partial charge < -0.3 is 15.3 Å². The second kappa shape index (κ2) is 7.25. The van der Waals surface area contributed by atoms with Crippen molar-refractivity contribution in [2.75, 3.05) is 26.2 Å². The van der Waals surface area contributed by atoms with Crippen LogP contribution in [0.2, 0.25) is 0 Å². The topological polar surface area (TPSA) is 35.5 Å². The van der Waals surface area contributed by atoms with Crippen molar-refractivity contribution in [3.8, 4) is 0 Å². The molecule has 0 spiro atoms. The van der Waals surface area contributed by atoms with Crippen molar-refractivity contribution in [3.63, 3.8) is 0 Å². The Balaban J connectivity index is 2.47. The van der Waals surface area contributed by atoms with Crippen LogP contribution in [-0.4, -0.2) is 48.3 Å². The van der Waals surface area contributed by atoms with Crippen molar-refractivity contribution in [1.29, 1.82) is 0 Å². The summed E-state index contributed by atoms with van der Waals surface area (Å²) < 4.78 is 0. The standard InChI is InChI=1S/C13H28N2O/c1-4-7-14-12-8-11(13(16)5-2)9-15(6-3)10-12/h11-14,16H,4-10H2,1-3H3. The Kier molecular flexibility index (Phi) is 6.32. The molecule has 0 aromatic rings. The lowest BCUT2D eigenvalue weighted by Gasteiger charge is -2.39. The highest BCUT2D eigenvalue weighted by atomic mass is 16.3.